The number of unbranched alkanes of at least 4 members (excludes halogenated alkanes) is 9. The molecule has 0 saturated carbocycles. The van der Waals surface area contributed by atoms with Gasteiger partial charge in [-0.25, -0.2) is 0 Å². The summed E-state index contributed by atoms with van der Waals surface area (Å²) < 4.78 is 10.8. The van der Waals surface area contributed by atoms with Gasteiger partial charge >= 0.3 is 0 Å². The van der Waals surface area contributed by atoms with Crippen molar-refractivity contribution >= 4 is 0 Å². The zero-order valence-electron chi connectivity index (χ0n) is 16.8. The summed E-state index contributed by atoms with van der Waals surface area (Å²) in [5, 5.41) is 0. The van der Waals surface area contributed by atoms with Crippen molar-refractivity contribution in [2.75, 3.05) is 13.2 Å². The highest BCUT2D eigenvalue weighted by molar-refractivity contribution is 5.27. The fraction of sp³-hybridized carbons (Fsp3) is 0.667. The largest absolute Gasteiger partial charge is 0.491 e. The summed E-state index contributed by atoms with van der Waals surface area (Å²) in [5.74, 6) is 0.964. The van der Waals surface area contributed by atoms with Crippen LogP contribution in [0.4, 0.5) is 0 Å². The van der Waals surface area contributed by atoms with Crippen molar-refractivity contribution in [3.63, 3.8) is 0 Å². The molecule has 1 unspecified atom stereocenters. The summed E-state index contributed by atoms with van der Waals surface area (Å²) in [6.45, 7) is 3.75. The molecule has 2 nitrogen and oxygen atoms in total. The quantitative estimate of drug-likeness (QED) is 0.183. The summed E-state index contributed by atoms with van der Waals surface area (Å²) in [4.78, 5) is 0. The molecule has 0 bridgehead atoms. The van der Waals surface area contributed by atoms with Crippen LogP contribution in [0.5, 0.6) is 5.75 Å². The average molecular weight is 359 g/mol. The molecule has 1 aliphatic rings. The van der Waals surface area contributed by atoms with Crippen molar-refractivity contribution in [2.24, 2.45) is 0 Å². The first-order chi connectivity index (χ1) is 12.9. The molecule has 2 heteroatoms. The lowest BCUT2D eigenvalue weighted by Gasteiger charge is -2.06. The molecule has 1 heterocycles. The van der Waals surface area contributed by atoms with Gasteiger partial charge in [-0.3, -0.25) is 0 Å². The highest BCUT2D eigenvalue weighted by Crippen LogP contribution is 2.17. The summed E-state index contributed by atoms with van der Waals surface area (Å²) in [6.07, 6.45) is 21.1. The Morgan fingerprint density at radius 3 is 2.12 bits per heavy atom. The van der Waals surface area contributed by atoms with Gasteiger partial charge in [0.1, 0.15) is 18.5 Å². The number of epoxide rings is 1. The molecule has 1 atom stereocenters. The van der Waals surface area contributed by atoms with E-state index >= 15 is 0 Å². The first-order valence-corrected chi connectivity index (χ1v) is 10.9. The van der Waals surface area contributed by atoms with Gasteiger partial charge in [0.15, 0.2) is 0 Å². The number of aryl methyl sites for hydroxylation is 1. The molecule has 26 heavy (non-hydrogen) atoms. The number of rotatable bonds is 16. The number of hydrogen-bond acceptors (Lipinski definition) is 2. The molecule has 0 amide bonds. The van der Waals surface area contributed by atoms with Crippen LogP contribution >= 0.6 is 0 Å². The van der Waals surface area contributed by atoms with Crippen LogP contribution in [-0.2, 0) is 11.2 Å². The average Bonchev–Trinajstić information content (AvgIpc) is 3.49. The summed E-state index contributed by atoms with van der Waals surface area (Å²) in [5.41, 5.74) is 1.43. The Bertz CT molecular complexity index is 473. The summed E-state index contributed by atoms with van der Waals surface area (Å²) >= 11 is 0. The summed E-state index contributed by atoms with van der Waals surface area (Å²) in [6, 6.07) is 8.60. The monoisotopic (exact) mass is 358 g/mol. The smallest absolute Gasteiger partial charge is 0.119 e. The molecule has 146 valence electrons. The van der Waals surface area contributed by atoms with Crippen molar-refractivity contribution in [1.29, 1.82) is 0 Å². The van der Waals surface area contributed by atoms with Crippen molar-refractivity contribution in [3.05, 3.63) is 42.0 Å². The van der Waals surface area contributed by atoms with E-state index in [1.165, 1.54) is 82.6 Å². The summed E-state index contributed by atoms with van der Waals surface area (Å²) in [7, 11) is 0. The zero-order valence-corrected chi connectivity index (χ0v) is 16.8. The van der Waals surface area contributed by atoms with Gasteiger partial charge in [0.2, 0.25) is 0 Å². The molecule has 0 radical (unpaired) electrons. The Morgan fingerprint density at radius 2 is 1.50 bits per heavy atom. The van der Waals surface area contributed by atoms with E-state index in [2.05, 4.69) is 43.3 Å². The molecule has 1 saturated heterocycles. The van der Waals surface area contributed by atoms with Gasteiger partial charge in [0.25, 0.3) is 0 Å². The first kappa shape index (κ1) is 21.0. The highest BCUT2D eigenvalue weighted by Gasteiger charge is 2.22. The Labute approximate surface area is 161 Å². The van der Waals surface area contributed by atoms with Crippen LogP contribution in [0.15, 0.2) is 36.4 Å². The van der Waals surface area contributed by atoms with Crippen LogP contribution in [0.2, 0.25) is 0 Å². The molecule has 1 aliphatic heterocycles. The Hall–Kier alpha value is -1.28. The lowest BCUT2D eigenvalue weighted by molar-refractivity contribution is 0.263. The predicted molar refractivity (Wildman–Crippen MR) is 111 cm³/mol. The fourth-order valence-corrected chi connectivity index (χ4v) is 3.22. The van der Waals surface area contributed by atoms with Crippen LogP contribution in [0, 0.1) is 0 Å². The van der Waals surface area contributed by atoms with Crippen molar-refractivity contribution in [2.45, 2.75) is 90.1 Å². The van der Waals surface area contributed by atoms with Gasteiger partial charge in [0, 0.05) is 0 Å². The first-order valence-electron chi connectivity index (χ1n) is 10.9. The lowest BCUT2D eigenvalue weighted by Crippen LogP contribution is -2.03. The third-order valence-electron chi connectivity index (χ3n) is 5.00. The van der Waals surface area contributed by atoms with E-state index in [4.69, 9.17) is 9.47 Å². The van der Waals surface area contributed by atoms with E-state index in [0.29, 0.717) is 12.7 Å². The minimum Gasteiger partial charge on any atom is -0.491 e. The fourth-order valence-electron chi connectivity index (χ4n) is 3.22. The maximum atomic E-state index is 5.68. The zero-order chi connectivity index (χ0) is 18.3. The number of allylic oxidation sites excluding steroid dienone is 2. The van der Waals surface area contributed by atoms with Gasteiger partial charge in [-0.2, -0.15) is 0 Å². The molecule has 0 aliphatic carbocycles. The molecular weight excluding hydrogens is 320 g/mol. The molecule has 0 spiro atoms. The van der Waals surface area contributed by atoms with Gasteiger partial charge in [0.05, 0.1) is 6.61 Å². The standard InChI is InChI=1S/C24H38O2/c1-2-3-4-5-6-7-8-9-10-11-12-13-14-15-22-16-18-23(19-17-22)25-20-24-21-26-24/h3-4,16-19,24H,2,5-15,20-21H2,1H3/b4-3+. The van der Waals surface area contributed by atoms with Crippen LogP contribution in [0.3, 0.4) is 0 Å². The topological polar surface area (TPSA) is 21.8 Å². The molecular formula is C24H38O2. The van der Waals surface area contributed by atoms with E-state index < -0.39 is 0 Å². The normalized spacial score (nSPS) is 16.3. The minimum atomic E-state index is 0.331. The van der Waals surface area contributed by atoms with Crippen LogP contribution in [-0.4, -0.2) is 19.3 Å². The van der Waals surface area contributed by atoms with Crippen LogP contribution in [0.1, 0.15) is 83.1 Å². The third kappa shape index (κ3) is 10.7. The second-order valence-electron chi connectivity index (χ2n) is 7.51. The second-order valence-corrected chi connectivity index (χ2v) is 7.51. The van der Waals surface area contributed by atoms with Crippen molar-refractivity contribution in [3.8, 4) is 5.75 Å². The molecule has 2 rings (SSSR count). The Morgan fingerprint density at radius 1 is 0.885 bits per heavy atom. The van der Waals surface area contributed by atoms with Gasteiger partial charge < -0.3 is 9.47 Å². The highest BCUT2D eigenvalue weighted by atomic mass is 16.6. The van der Waals surface area contributed by atoms with E-state index in [-0.39, 0.29) is 0 Å². The maximum absolute atomic E-state index is 5.68. The Balaban J connectivity index is 1.36. The lowest BCUT2D eigenvalue weighted by atomic mass is 10.0. The van der Waals surface area contributed by atoms with Gasteiger partial charge in [-0.05, 0) is 49.8 Å². The van der Waals surface area contributed by atoms with E-state index in [9.17, 15) is 0 Å². The van der Waals surface area contributed by atoms with E-state index in [1.807, 2.05) is 0 Å². The minimum absolute atomic E-state index is 0.331. The van der Waals surface area contributed by atoms with Gasteiger partial charge in [-0.1, -0.05) is 76.2 Å². The van der Waals surface area contributed by atoms with Crippen LogP contribution in [0.25, 0.3) is 0 Å². The SMILES string of the molecule is CC/C=C/CCCCCCCCCCCc1ccc(OCC2CO2)cc1. The maximum Gasteiger partial charge on any atom is 0.119 e. The van der Waals surface area contributed by atoms with Gasteiger partial charge in [-0.15, -0.1) is 0 Å². The van der Waals surface area contributed by atoms with Crippen molar-refractivity contribution in [1.82, 2.24) is 0 Å². The molecule has 1 fully saturated rings. The van der Waals surface area contributed by atoms with E-state index in [0.717, 1.165) is 12.4 Å². The van der Waals surface area contributed by atoms with Crippen molar-refractivity contribution < 1.29 is 9.47 Å². The Kier molecular flexibility index (Phi) is 11.2. The second kappa shape index (κ2) is 13.9. The number of hydrogen-bond donors (Lipinski definition) is 0. The molecule has 0 N–H and O–H groups in total. The number of ether oxygens (including phenoxy) is 2. The molecule has 1 aromatic rings. The molecule has 0 aromatic heterocycles. The van der Waals surface area contributed by atoms with E-state index in [1.54, 1.807) is 0 Å². The third-order valence-corrected chi connectivity index (χ3v) is 5.00. The molecule has 1 aromatic carbocycles. The predicted octanol–water partition coefficient (Wildman–Crippen LogP) is 6.87. The van der Waals surface area contributed by atoms with Crippen LogP contribution < -0.4 is 4.74 Å². The number of benzene rings is 1.